The first-order valence-electron chi connectivity index (χ1n) is 6.12. The van der Waals surface area contributed by atoms with Crippen molar-refractivity contribution in [2.45, 2.75) is 33.9 Å². The Kier molecular flexibility index (Phi) is 3.32. The molecule has 0 aliphatic rings. The van der Waals surface area contributed by atoms with Crippen molar-refractivity contribution in [1.82, 2.24) is 9.78 Å². The number of hydrogen-bond donors (Lipinski definition) is 1. The molecule has 2 aromatic heterocycles. The SMILES string of the molecule is CCn1nc(C)c(N)c1N(C)Cc1ccc(C)o1. The van der Waals surface area contributed by atoms with Gasteiger partial charge in [0.2, 0.25) is 0 Å². The number of anilines is 2. The lowest BCUT2D eigenvalue weighted by Crippen LogP contribution is -2.21. The van der Waals surface area contributed by atoms with Crippen LogP contribution in [0.4, 0.5) is 11.5 Å². The summed E-state index contributed by atoms with van der Waals surface area (Å²) in [6.45, 7) is 7.41. The lowest BCUT2D eigenvalue weighted by atomic mass is 10.3. The molecule has 0 unspecified atom stereocenters. The number of aromatic nitrogens is 2. The molecule has 5 nitrogen and oxygen atoms in total. The monoisotopic (exact) mass is 248 g/mol. The van der Waals surface area contributed by atoms with Crippen molar-refractivity contribution in [1.29, 1.82) is 0 Å². The van der Waals surface area contributed by atoms with Gasteiger partial charge in [-0.1, -0.05) is 0 Å². The van der Waals surface area contributed by atoms with E-state index in [-0.39, 0.29) is 0 Å². The van der Waals surface area contributed by atoms with Gasteiger partial charge >= 0.3 is 0 Å². The summed E-state index contributed by atoms with van der Waals surface area (Å²) >= 11 is 0. The van der Waals surface area contributed by atoms with Crippen LogP contribution in [-0.2, 0) is 13.1 Å². The molecule has 0 aliphatic heterocycles. The van der Waals surface area contributed by atoms with Gasteiger partial charge in [-0.3, -0.25) is 0 Å². The van der Waals surface area contributed by atoms with Gasteiger partial charge in [0.25, 0.3) is 0 Å². The molecule has 0 saturated heterocycles. The summed E-state index contributed by atoms with van der Waals surface area (Å²) in [5.41, 5.74) is 7.69. The minimum absolute atomic E-state index is 0.684. The number of hydrogen-bond acceptors (Lipinski definition) is 4. The normalized spacial score (nSPS) is 10.9. The summed E-state index contributed by atoms with van der Waals surface area (Å²) in [7, 11) is 2.00. The lowest BCUT2D eigenvalue weighted by molar-refractivity contribution is 0.479. The molecule has 0 fully saturated rings. The Labute approximate surface area is 107 Å². The van der Waals surface area contributed by atoms with Crippen LogP contribution in [0, 0.1) is 13.8 Å². The molecule has 98 valence electrons. The van der Waals surface area contributed by atoms with Gasteiger partial charge in [-0.25, -0.2) is 4.68 Å². The maximum atomic E-state index is 6.08. The van der Waals surface area contributed by atoms with Crippen molar-refractivity contribution in [3.63, 3.8) is 0 Å². The Balaban J connectivity index is 2.25. The summed E-state index contributed by atoms with van der Waals surface area (Å²) < 4.78 is 7.50. The zero-order valence-electron chi connectivity index (χ0n) is 11.4. The van der Waals surface area contributed by atoms with Gasteiger partial charge in [0.05, 0.1) is 17.9 Å². The van der Waals surface area contributed by atoms with E-state index in [0.717, 1.165) is 35.3 Å². The molecular formula is C13H20N4O. The van der Waals surface area contributed by atoms with Crippen LogP contribution in [-0.4, -0.2) is 16.8 Å². The van der Waals surface area contributed by atoms with Crippen LogP contribution < -0.4 is 10.6 Å². The van der Waals surface area contributed by atoms with Crippen LogP contribution in [0.2, 0.25) is 0 Å². The fourth-order valence-corrected chi connectivity index (χ4v) is 2.09. The van der Waals surface area contributed by atoms with E-state index in [0.29, 0.717) is 6.54 Å². The van der Waals surface area contributed by atoms with E-state index >= 15 is 0 Å². The Morgan fingerprint density at radius 3 is 2.67 bits per heavy atom. The summed E-state index contributed by atoms with van der Waals surface area (Å²) in [5, 5.41) is 4.42. The van der Waals surface area contributed by atoms with Gasteiger partial charge in [0.15, 0.2) is 5.82 Å². The number of furan rings is 1. The highest BCUT2D eigenvalue weighted by Crippen LogP contribution is 2.26. The minimum atomic E-state index is 0.684. The molecule has 2 rings (SSSR count). The van der Waals surface area contributed by atoms with Crippen molar-refractivity contribution in [3.8, 4) is 0 Å². The van der Waals surface area contributed by atoms with Gasteiger partial charge in [-0.2, -0.15) is 5.10 Å². The molecule has 0 amide bonds. The highest BCUT2D eigenvalue weighted by molar-refractivity contribution is 5.65. The van der Waals surface area contributed by atoms with Crippen LogP contribution in [0.15, 0.2) is 16.5 Å². The van der Waals surface area contributed by atoms with Crippen LogP contribution in [0.3, 0.4) is 0 Å². The number of aryl methyl sites for hydroxylation is 3. The average molecular weight is 248 g/mol. The summed E-state index contributed by atoms with van der Waals surface area (Å²) in [6.07, 6.45) is 0. The average Bonchev–Trinajstić information content (AvgIpc) is 2.84. The third-order valence-electron chi connectivity index (χ3n) is 3.00. The molecule has 0 aromatic carbocycles. The number of nitrogens with zero attached hydrogens (tertiary/aromatic N) is 3. The second kappa shape index (κ2) is 4.76. The largest absolute Gasteiger partial charge is 0.464 e. The molecule has 0 saturated carbocycles. The maximum Gasteiger partial charge on any atom is 0.150 e. The fourth-order valence-electron chi connectivity index (χ4n) is 2.09. The van der Waals surface area contributed by atoms with Gasteiger partial charge in [0, 0.05) is 13.6 Å². The van der Waals surface area contributed by atoms with Crippen LogP contribution in [0.5, 0.6) is 0 Å². The molecule has 2 N–H and O–H groups in total. The Hall–Kier alpha value is -1.91. The third kappa shape index (κ3) is 2.20. The van der Waals surface area contributed by atoms with E-state index in [1.165, 1.54) is 0 Å². The maximum absolute atomic E-state index is 6.08. The standard InChI is InChI=1S/C13H20N4O/c1-5-17-13(12(14)10(3)15-17)16(4)8-11-7-6-9(2)18-11/h6-7H,5,8,14H2,1-4H3. The van der Waals surface area contributed by atoms with Gasteiger partial charge < -0.3 is 15.1 Å². The van der Waals surface area contributed by atoms with Crippen LogP contribution in [0.25, 0.3) is 0 Å². The highest BCUT2D eigenvalue weighted by Gasteiger charge is 2.16. The van der Waals surface area contributed by atoms with Gasteiger partial charge in [0.1, 0.15) is 11.5 Å². The molecule has 2 aromatic rings. The molecule has 5 heteroatoms. The minimum Gasteiger partial charge on any atom is -0.464 e. The summed E-state index contributed by atoms with van der Waals surface area (Å²) in [6, 6.07) is 3.95. The fraction of sp³-hybridized carbons (Fsp3) is 0.462. The third-order valence-corrected chi connectivity index (χ3v) is 3.00. The number of nitrogen functional groups attached to an aromatic ring is 1. The van der Waals surface area contributed by atoms with Gasteiger partial charge in [-0.15, -0.1) is 0 Å². The van der Waals surface area contributed by atoms with Gasteiger partial charge in [-0.05, 0) is 32.9 Å². The molecule has 0 spiro atoms. The van der Waals surface area contributed by atoms with Crippen molar-refractivity contribution in [3.05, 3.63) is 29.3 Å². The topological polar surface area (TPSA) is 60.2 Å². The number of rotatable bonds is 4. The van der Waals surface area contributed by atoms with Crippen molar-refractivity contribution < 1.29 is 4.42 Å². The van der Waals surface area contributed by atoms with Crippen molar-refractivity contribution in [2.24, 2.45) is 0 Å². The molecule has 2 heterocycles. The second-order valence-electron chi connectivity index (χ2n) is 4.51. The van der Waals surface area contributed by atoms with E-state index in [4.69, 9.17) is 10.2 Å². The Bertz CT molecular complexity index is 541. The molecule has 0 atom stereocenters. The van der Waals surface area contributed by atoms with Crippen molar-refractivity contribution >= 4 is 11.5 Å². The molecule has 18 heavy (non-hydrogen) atoms. The van der Waals surface area contributed by atoms with E-state index in [1.54, 1.807) is 0 Å². The molecular weight excluding hydrogens is 228 g/mol. The first-order valence-corrected chi connectivity index (χ1v) is 6.12. The molecule has 0 aliphatic carbocycles. The zero-order chi connectivity index (χ0) is 13.3. The highest BCUT2D eigenvalue weighted by atomic mass is 16.3. The van der Waals surface area contributed by atoms with E-state index in [9.17, 15) is 0 Å². The van der Waals surface area contributed by atoms with E-state index in [2.05, 4.69) is 16.9 Å². The Morgan fingerprint density at radius 1 is 1.39 bits per heavy atom. The first kappa shape index (κ1) is 12.5. The molecule has 0 bridgehead atoms. The predicted molar refractivity (Wildman–Crippen MR) is 72.6 cm³/mol. The second-order valence-corrected chi connectivity index (χ2v) is 4.51. The zero-order valence-corrected chi connectivity index (χ0v) is 11.4. The predicted octanol–water partition coefficient (Wildman–Crippen LogP) is 2.33. The van der Waals surface area contributed by atoms with E-state index < -0.39 is 0 Å². The smallest absolute Gasteiger partial charge is 0.150 e. The molecule has 0 radical (unpaired) electrons. The van der Waals surface area contributed by atoms with E-state index in [1.807, 2.05) is 37.7 Å². The van der Waals surface area contributed by atoms with Crippen LogP contribution >= 0.6 is 0 Å². The number of nitrogens with two attached hydrogens (primary N) is 1. The lowest BCUT2D eigenvalue weighted by Gasteiger charge is -2.19. The quantitative estimate of drug-likeness (QED) is 0.902. The van der Waals surface area contributed by atoms with Crippen LogP contribution in [0.1, 0.15) is 24.1 Å². The van der Waals surface area contributed by atoms with Crippen molar-refractivity contribution in [2.75, 3.05) is 17.7 Å². The Morgan fingerprint density at radius 2 is 2.11 bits per heavy atom. The summed E-state index contributed by atoms with van der Waals surface area (Å²) in [5.74, 6) is 2.80. The summed E-state index contributed by atoms with van der Waals surface area (Å²) in [4.78, 5) is 2.07. The first-order chi connectivity index (χ1) is 8.52.